The van der Waals surface area contributed by atoms with Gasteiger partial charge in [0.05, 0.1) is 18.7 Å². The zero-order chi connectivity index (χ0) is 14.9. The number of oxime groups is 1. The number of fused-ring (bicyclic) bond motifs is 1. The van der Waals surface area contributed by atoms with Crippen LogP contribution in [0.1, 0.15) is 5.56 Å². The quantitative estimate of drug-likeness (QED) is 0.292. The largest absolute Gasteiger partial charge is 0.409 e. The highest BCUT2D eigenvalue weighted by molar-refractivity contribution is 5.91. The number of nitrogens with two attached hydrogens (primary N) is 1. The van der Waals surface area contributed by atoms with Gasteiger partial charge in [0.15, 0.2) is 11.5 Å². The number of hydrogen-bond acceptors (Lipinski definition) is 2. The molecule has 0 aliphatic carbocycles. The molecule has 0 spiro atoms. The van der Waals surface area contributed by atoms with E-state index in [0.29, 0.717) is 0 Å². The Bertz CT molecular complexity index is 725. The Kier molecular flexibility index (Phi) is 3.28. The molecule has 0 fully saturated rings. The molecule has 1 heterocycles. The van der Waals surface area contributed by atoms with Gasteiger partial charge in [-0.2, -0.15) is 13.2 Å². The molecule has 0 saturated heterocycles. The van der Waals surface area contributed by atoms with E-state index in [0.717, 1.165) is 6.07 Å². The van der Waals surface area contributed by atoms with E-state index < -0.39 is 17.4 Å². The molecule has 0 bridgehead atoms. The maximum atomic E-state index is 13.1. The maximum absolute atomic E-state index is 13.1. The lowest BCUT2D eigenvalue weighted by Crippen LogP contribution is -2.18. The molecule has 0 amide bonds. The fourth-order valence-electron chi connectivity index (χ4n) is 2.00. The van der Waals surface area contributed by atoms with E-state index >= 15 is 0 Å². The minimum atomic E-state index is -4.62. The molecular formula is C12H9F3N4O. The van der Waals surface area contributed by atoms with Crippen LogP contribution in [0.3, 0.4) is 0 Å². The Labute approximate surface area is 111 Å². The van der Waals surface area contributed by atoms with Gasteiger partial charge in [0.25, 0.3) is 0 Å². The van der Waals surface area contributed by atoms with Crippen LogP contribution < -0.4 is 5.73 Å². The molecule has 1 aromatic carbocycles. The van der Waals surface area contributed by atoms with E-state index in [2.05, 4.69) is 10.0 Å². The summed E-state index contributed by atoms with van der Waals surface area (Å²) in [6.07, 6.45) is -3.23. The van der Waals surface area contributed by atoms with Crippen LogP contribution in [0.5, 0.6) is 0 Å². The lowest BCUT2D eigenvalue weighted by atomic mass is 10.1. The molecule has 0 unspecified atom stereocenters. The molecule has 2 rings (SSSR count). The van der Waals surface area contributed by atoms with Crippen molar-refractivity contribution >= 4 is 22.4 Å². The van der Waals surface area contributed by atoms with Gasteiger partial charge in [0.1, 0.15) is 0 Å². The SMILES string of the molecule is [C-]#[N+]c1ccc2c(ccn2C/C(N)=N/O)c1C(F)(F)F. The summed E-state index contributed by atoms with van der Waals surface area (Å²) < 4.78 is 40.6. The first-order chi connectivity index (χ1) is 9.38. The van der Waals surface area contributed by atoms with Crippen LogP contribution in [0.25, 0.3) is 15.7 Å². The van der Waals surface area contributed by atoms with E-state index in [-0.39, 0.29) is 23.3 Å². The highest BCUT2D eigenvalue weighted by Gasteiger charge is 2.35. The van der Waals surface area contributed by atoms with Gasteiger partial charge in [-0.05, 0) is 12.1 Å². The van der Waals surface area contributed by atoms with Crippen LogP contribution in [0.4, 0.5) is 18.9 Å². The van der Waals surface area contributed by atoms with E-state index in [1.807, 2.05) is 0 Å². The van der Waals surface area contributed by atoms with Crippen molar-refractivity contribution in [2.24, 2.45) is 10.9 Å². The Morgan fingerprint density at radius 1 is 1.40 bits per heavy atom. The van der Waals surface area contributed by atoms with Crippen molar-refractivity contribution < 1.29 is 18.4 Å². The van der Waals surface area contributed by atoms with E-state index in [4.69, 9.17) is 17.5 Å². The molecule has 5 nitrogen and oxygen atoms in total. The summed E-state index contributed by atoms with van der Waals surface area (Å²) in [7, 11) is 0. The molecule has 0 atom stereocenters. The molecular weight excluding hydrogens is 273 g/mol. The molecule has 104 valence electrons. The first-order valence-electron chi connectivity index (χ1n) is 5.41. The van der Waals surface area contributed by atoms with Crippen LogP contribution >= 0.6 is 0 Å². The van der Waals surface area contributed by atoms with Gasteiger partial charge < -0.3 is 15.5 Å². The van der Waals surface area contributed by atoms with Gasteiger partial charge in [-0.3, -0.25) is 0 Å². The zero-order valence-corrected chi connectivity index (χ0v) is 10.0. The maximum Gasteiger partial charge on any atom is 0.408 e. The Balaban J connectivity index is 2.69. The second-order valence-electron chi connectivity index (χ2n) is 4.04. The lowest BCUT2D eigenvalue weighted by molar-refractivity contribution is -0.135. The standard InChI is InChI=1S/C12H9F3N4O/c1-17-8-2-3-9-7(11(8)12(13,14)15)4-5-19(9)6-10(16)18-20/h2-5,20H,6H2,(H2,16,18). The Morgan fingerprint density at radius 3 is 2.65 bits per heavy atom. The molecule has 20 heavy (non-hydrogen) atoms. The molecule has 0 aliphatic heterocycles. The number of rotatable bonds is 2. The van der Waals surface area contributed by atoms with Gasteiger partial charge in [-0.15, -0.1) is 0 Å². The first kappa shape index (κ1) is 13.7. The van der Waals surface area contributed by atoms with Crippen molar-refractivity contribution in [3.05, 3.63) is 41.4 Å². The molecule has 1 aromatic heterocycles. The second kappa shape index (κ2) is 4.77. The highest BCUT2D eigenvalue weighted by atomic mass is 19.4. The van der Waals surface area contributed by atoms with Crippen molar-refractivity contribution in [3.63, 3.8) is 0 Å². The number of alkyl halides is 3. The molecule has 3 N–H and O–H groups in total. The first-order valence-corrected chi connectivity index (χ1v) is 5.41. The van der Waals surface area contributed by atoms with Crippen molar-refractivity contribution in [1.29, 1.82) is 0 Å². The fourth-order valence-corrected chi connectivity index (χ4v) is 2.00. The van der Waals surface area contributed by atoms with Crippen molar-refractivity contribution in [3.8, 4) is 0 Å². The number of aromatic nitrogens is 1. The van der Waals surface area contributed by atoms with E-state index in [1.165, 1.54) is 22.9 Å². The summed E-state index contributed by atoms with van der Waals surface area (Å²) in [4.78, 5) is 2.91. The third-order valence-electron chi connectivity index (χ3n) is 2.80. The average molecular weight is 282 g/mol. The summed E-state index contributed by atoms with van der Waals surface area (Å²) >= 11 is 0. The fraction of sp³-hybridized carbons (Fsp3) is 0.167. The minimum Gasteiger partial charge on any atom is -0.409 e. The lowest BCUT2D eigenvalue weighted by Gasteiger charge is -2.11. The van der Waals surface area contributed by atoms with Crippen LogP contribution in [-0.2, 0) is 12.7 Å². The predicted molar refractivity (Wildman–Crippen MR) is 66.6 cm³/mol. The number of amidine groups is 1. The summed E-state index contributed by atoms with van der Waals surface area (Å²) in [6, 6.07) is 3.78. The molecule has 8 heteroatoms. The van der Waals surface area contributed by atoms with Gasteiger partial charge >= 0.3 is 6.18 Å². The number of hydrogen-bond donors (Lipinski definition) is 2. The predicted octanol–water partition coefficient (Wildman–Crippen LogP) is 2.96. The molecule has 2 aromatic rings. The average Bonchev–Trinajstić information content (AvgIpc) is 2.79. The van der Waals surface area contributed by atoms with Crippen molar-refractivity contribution in [2.45, 2.75) is 12.7 Å². The van der Waals surface area contributed by atoms with Gasteiger partial charge in [-0.25, -0.2) is 4.85 Å². The molecule has 0 aliphatic rings. The number of halogens is 3. The normalized spacial score (nSPS) is 12.6. The van der Waals surface area contributed by atoms with E-state index in [9.17, 15) is 13.2 Å². The van der Waals surface area contributed by atoms with Gasteiger partial charge in [0.2, 0.25) is 0 Å². The van der Waals surface area contributed by atoms with Crippen molar-refractivity contribution in [2.75, 3.05) is 0 Å². The third-order valence-corrected chi connectivity index (χ3v) is 2.80. The second-order valence-corrected chi connectivity index (χ2v) is 4.04. The van der Waals surface area contributed by atoms with Crippen LogP contribution in [0, 0.1) is 6.57 Å². The third kappa shape index (κ3) is 2.25. The summed E-state index contributed by atoms with van der Waals surface area (Å²) in [5, 5.41) is 11.2. The van der Waals surface area contributed by atoms with Gasteiger partial charge in [0, 0.05) is 17.1 Å². The highest BCUT2D eigenvalue weighted by Crippen LogP contribution is 2.41. The summed E-state index contributed by atoms with van der Waals surface area (Å²) in [6.45, 7) is 6.79. The monoisotopic (exact) mass is 282 g/mol. The topological polar surface area (TPSA) is 67.9 Å². The zero-order valence-electron chi connectivity index (χ0n) is 10.0. The Hall–Kier alpha value is -2.69. The Morgan fingerprint density at radius 2 is 2.10 bits per heavy atom. The molecule has 0 radical (unpaired) electrons. The summed E-state index contributed by atoms with van der Waals surface area (Å²) in [5.41, 5.74) is 4.18. The van der Waals surface area contributed by atoms with Crippen LogP contribution in [0.15, 0.2) is 29.6 Å². The van der Waals surface area contributed by atoms with Crippen LogP contribution in [0.2, 0.25) is 0 Å². The summed E-state index contributed by atoms with van der Waals surface area (Å²) in [5.74, 6) is -0.134. The molecule has 0 saturated carbocycles. The number of benzene rings is 1. The van der Waals surface area contributed by atoms with Crippen LogP contribution in [-0.4, -0.2) is 15.6 Å². The minimum absolute atomic E-state index is 0.0470. The van der Waals surface area contributed by atoms with Crippen molar-refractivity contribution in [1.82, 2.24) is 4.57 Å². The smallest absolute Gasteiger partial charge is 0.408 e. The number of nitrogens with zero attached hydrogens (tertiary/aromatic N) is 3. The van der Waals surface area contributed by atoms with E-state index in [1.54, 1.807) is 0 Å². The van der Waals surface area contributed by atoms with Gasteiger partial charge in [-0.1, -0.05) is 11.2 Å².